The lowest BCUT2D eigenvalue weighted by Gasteiger charge is -2.17. The number of aromatic nitrogens is 2. The van der Waals surface area contributed by atoms with E-state index in [2.05, 4.69) is 9.97 Å². The summed E-state index contributed by atoms with van der Waals surface area (Å²) in [4.78, 5) is 44.2. The third-order valence-electron chi connectivity index (χ3n) is 3.80. The first-order valence-corrected chi connectivity index (χ1v) is 9.10. The van der Waals surface area contributed by atoms with Crippen LogP contribution in [0.5, 0.6) is 0 Å². The van der Waals surface area contributed by atoms with Gasteiger partial charge in [0.2, 0.25) is 5.76 Å². The molecule has 1 N–H and O–H groups in total. The van der Waals surface area contributed by atoms with Crippen molar-refractivity contribution in [3.8, 4) is 0 Å². The zero-order valence-corrected chi connectivity index (χ0v) is 15.8. The van der Waals surface area contributed by atoms with E-state index < -0.39 is 23.6 Å². The van der Waals surface area contributed by atoms with Gasteiger partial charge in [0.15, 0.2) is 11.9 Å². The number of rotatable bonds is 5. The zero-order valence-electron chi connectivity index (χ0n) is 15.0. The van der Waals surface area contributed by atoms with Crippen LogP contribution >= 0.6 is 11.3 Å². The number of hydrogen-bond donors (Lipinski definition) is 1. The van der Waals surface area contributed by atoms with E-state index in [-0.39, 0.29) is 24.8 Å². The summed E-state index contributed by atoms with van der Waals surface area (Å²) in [5.41, 5.74) is 0.0926. The first kappa shape index (κ1) is 18.9. The van der Waals surface area contributed by atoms with Gasteiger partial charge in [0.1, 0.15) is 29.2 Å². The average molecular weight is 394 g/mol. The van der Waals surface area contributed by atoms with E-state index in [0.717, 1.165) is 11.3 Å². The minimum atomic E-state index is -0.838. The fraction of sp³-hybridized carbons (Fsp3) is 0.412. The molecule has 3 heterocycles. The molecule has 0 bridgehead atoms. The smallest absolute Gasteiger partial charge is 0.377 e. The second-order valence-electron chi connectivity index (χ2n) is 5.66. The summed E-state index contributed by atoms with van der Waals surface area (Å²) in [5, 5.41) is 0.317. The second kappa shape index (κ2) is 7.78. The van der Waals surface area contributed by atoms with Gasteiger partial charge in [0, 0.05) is 0 Å². The van der Waals surface area contributed by atoms with Crippen molar-refractivity contribution in [3.63, 3.8) is 0 Å². The molecule has 144 valence electrons. The number of nitrogens with one attached hydrogen (secondary N) is 1. The molecule has 0 unspecified atom stereocenters. The topological polar surface area (TPSA) is 117 Å². The molecule has 1 atom stereocenters. The van der Waals surface area contributed by atoms with E-state index in [1.165, 1.54) is 6.26 Å². The van der Waals surface area contributed by atoms with Crippen LogP contribution in [0.1, 0.15) is 41.0 Å². The molecule has 0 saturated carbocycles. The van der Waals surface area contributed by atoms with E-state index in [4.69, 9.17) is 18.9 Å². The molecular formula is C17H18N2O7S. The first-order valence-electron chi connectivity index (χ1n) is 8.28. The highest BCUT2D eigenvalue weighted by molar-refractivity contribution is 7.20. The van der Waals surface area contributed by atoms with Crippen molar-refractivity contribution < 1.29 is 28.5 Å². The van der Waals surface area contributed by atoms with Crippen LogP contribution in [0, 0.1) is 6.92 Å². The maximum absolute atomic E-state index is 12.5. The molecular weight excluding hydrogens is 376 g/mol. The number of carbonyl (C=O) groups is 2. The number of hydrogen-bond acceptors (Lipinski definition) is 9. The Morgan fingerprint density at radius 2 is 2.15 bits per heavy atom. The Balaban J connectivity index is 1.89. The quantitative estimate of drug-likeness (QED) is 0.765. The fourth-order valence-electron chi connectivity index (χ4n) is 2.49. The van der Waals surface area contributed by atoms with Crippen LogP contribution in [0.25, 0.3) is 10.2 Å². The SMILES string of the molecule is CCOC(=O)c1sc2nc([C@H](C)OC(=O)C3=COCCO3)[nH]c(=O)c2c1C. The second-order valence-corrected chi connectivity index (χ2v) is 6.66. The number of thiophene rings is 1. The number of aryl methyl sites for hydroxylation is 1. The van der Waals surface area contributed by atoms with E-state index >= 15 is 0 Å². The lowest BCUT2D eigenvalue weighted by molar-refractivity contribution is -0.149. The fourth-order valence-corrected chi connectivity index (χ4v) is 3.58. The van der Waals surface area contributed by atoms with Crippen LogP contribution in [0.4, 0.5) is 0 Å². The molecule has 0 amide bonds. The molecule has 2 aromatic heterocycles. The monoisotopic (exact) mass is 394 g/mol. The lowest BCUT2D eigenvalue weighted by Crippen LogP contribution is -2.21. The van der Waals surface area contributed by atoms with Gasteiger partial charge in [0.25, 0.3) is 5.56 Å². The molecule has 0 aromatic carbocycles. The number of nitrogens with zero attached hydrogens (tertiary/aromatic N) is 1. The van der Waals surface area contributed by atoms with Crippen molar-refractivity contribution in [3.05, 3.63) is 38.6 Å². The largest absolute Gasteiger partial charge is 0.493 e. The van der Waals surface area contributed by atoms with Gasteiger partial charge in [-0.3, -0.25) is 4.79 Å². The Labute approximate surface area is 157 Å². The molecule has 0 spiro atoms. The van der Waals surface area contributed by atoms with E-state index in [1.54, 1.807) is 20.8 Å². The van der Waals surface area contributed by atoms with Gasteiger partial charge in [-0.05, 0) is 26.3 Å². The summed E-state index contributed by atoms with van der Waals surface area (Å²) in [6.07, 6.45) is 0.348. The van der Waals surface area contributed by atoms with Gasteiger partial charge in [-0.1, -0.05) is 0 Å². The number of fused-ring (bicyclic) bond motifs is 1. The molecule has 1 aliphatic heterocycles. The minimum Gasteiger partial charge on any atom is -0.493 e. The van der Waals surface area contributed by atoms with Crippen LogP contribution in [-0.4, -0.2) is 41.7 Å². The summed E-state index contributed by atoms with van der Waals surface area (Å²) in [6.45, 7) is 5.78. The Kier molecular flexibility index (Phi) is 5.45. The minimum absolute atomic E-state index is 0.0481. The summed E-state index contributed by atoms with van der Waals surface area (Å²) >= 11 is 1.06. The molecule has 27 heavy (non-hydrogen) atoms. The number of aromatic amines is 1. The van der Waals surface area contributed by atoms with Crippen molar-refractivity contribution in [1.29, 1.82) is 0 Å². The van der Waals surface area contributed by atoms with Crippen LogP contribution in [-0.2, 0) is 23.7 Å². The summed E-state index contributed by atoms with van der Waals surface area (Å²) in [5.74, 6) is -1.11. The Morgan fingerprint density at radius 1 is 1.37 bits per heavy atom. The first-order chi connectivity index (χ1) is 12.9. The highest BCUT2D eigenvalue weighted by Gasteiger charge is 2.24. The number of ether oxygens (including phenoxy) is 4. The Hall–Kier alpha value is -2.88. The maximum atomic E-state index is 12.5. The summed E-state index contributed by atoms with van der Waals surface area (Å²) in [6, 6.07) is 0. The zero-order chi connectivity index (χ0) is 19.6. The van der Waals surface area contributed by atoms with Gasteiger partial charge >= 0.3 is 11.9 Å². The number of esters is 2. The number of H-pyrrole nitrogens is 1. The van der Waals surface area contributed by atoms with Crippen LogP contribution in [0.2, 0.25) is 0 Å². The lowest BCUT2D eigenvalue weighted by atomic mass is 10.2. The molecule has 0 fully saturated rings. The Morgan fingerprint density at radius 3 is 2.81 bits per heavy atom. The number of carbonyl (C=O) groups excluding carboxylic acids is 2. The van der Waals surface area contributed by atoms with Crippen molar-refractivity contribution in [2.45, 2.75) is 26.9 Å². The van der Waals surface area contributed by atoms with Gasteiger partial charge in [-0.25, -0.2) is 14.6 Å². The Bertz CT molecular complexity index is 976. The predicted molar refractivity (Wildman–Crippen MR) is 95.4 cm³/mol. The van der Waals surface area contributed by atoms with Gasteiger partial charge < -0.3 is 23.9 Å². The molecule has 0 saturated heterocycles. The molecule has 1 aliphatic rings. The average Bonchev–Trinajstić information content (AvgIpc) is 2.99. The molecule has 3 rings (SSSR count). The summed E-state index contributed by atoms with van der Waals surface area (Å²) < 4.78 is 20.5. The van der Waals surface area contributed by atoms with Crippen LogP contribution < -0.4 is 5.56 Å². The molecule has 2 aromatic rings. The molecule has 9 nitrogen and oxygen atoms in total. The van der Waals surface area contributed by atoms with Gasteiger partial charge in [-0.2, -0.15) is 0 Å². The molecule has 0 aliphatic carbocycles. The van der Waals surface area contributed by atoms with E-state index in [9.17, 15) is 14.4 Å². The van der Waals surface area contributed by atoms with Gasteiger partial charge in [-0.15, -0.1) is 11.3 Å². The van der Waals surface area contributed by atoms with Gasteiger partial charge in [0.05, 0.1) is 12.0 Å². The van der Waals surface area contributed by atoms with Crippen molar-refractivity contribution in [1.82, 2.24) is 9.97 Å². The van der Waals surface area contributed by atoms with Crippen LogP contribution in [0.3, 0.4) is 0 Å². The van der Waals surface area contributed by atoms with E-state index in [0.29, 0.717) is 27.3 Å². The molecule has 10 heteroatoms. The van der Waals surface area contributed by atoms with Crippen molar-refractivity contribution >= 4 is 33.5 Å². The maximum Gasteiger partial charge on any atom is 0.377 e. The van der Waals surface area contributed by atoms with Crippen molar-refractivity contribution in [2.24, 2.45) is 0 Å². The highest BCUT2D eigenvalue weighted by atomic mass is 32.1. The van der Waals surface area contributed by atoms with Crippen LogP contribution in [0.15, 0.2) is 16.8 Å². The third kappa shape index (κ3) is 3.80. The predicted octanol–water partition coefficient (Wildman–Crippen LogP) is 1.96. The standard InChI is InChI=1S/C17H18N2O7S/c1-4-24-17(22)12-8(2)11-14(20)18-13(19-15(11)27-12)9(3)26-16(21)10-7-23-5-6-25-10/h7,9H,4-6H2,1-3H3,(H,18,19,20)/t9-/m0/s1. The normalized spacial score (nSPS) is 14.7. The van der Waals surface area contributed by atoms with E-state index in [1.807, 2.05) is 0 Å². The third-order valence-corrected chi connectivity index (χ3v) is 4.96. The summed E-state index contributed by atoms with van der Waals surface area (Å²) in [7, 11) is 0. The highest BCUT2D eigenvalue weighted by Crippen LogP contribution is 2.28. The van der Waals surface area contributed by atoms with Crippen molar-refractivity contribution in [2.75, 3.05) is 19.8 Å². The molecule has 0 radical (unpaired) electrons.